The maximum absolute atomic E-state index is 15.7. The molecular formula is C39H33ClF7N9O5S. The van der Waals surface area contributed by atoms with Crippen LogP contribution in [0.25, 0.3) is 27.6 Å². The largest absolute Gasteiger partial charge is 0.477 e. The van der Waals surface area contributed by atoms with E-state index in [9.17, 15) is 40.0 Å². The van der Waals surface area contributed by atoms with Crippen molar-refractivity contribution in [2.24, 2.45) is 13.0 Å². The van der Waals surface area contributed by atoms with Crippen molar-refractivity contribution in [3.05, 3.63) is 97.8 Å². The van der Waals surface area contributed by atoms with Gasteiger partial charge in [0, 0.05) is 43.0 Å². The molecule has 14 nitrogen and oxygen atoms in total. The van der Waals surface area contributed by atoms with Crippen LogP contribution in [0.15, 0.2) is 47.3 Å². The second kappa shape index (κ2) is 14.7. The van der Waals surface area contributed by atoms with Gasteiger partial charge in [0.15, 0.2) is 11.5 Å². The zero-order valence-corrected chi connectivity index (χ0v) is 34.0. The molecule has 0 radical (unpaired) electrons. The Morgan fingerprint density at radius 2 is 1.79 bits per heavy atom. The number of fused-ring (bicyclic) bond motifs is 5. The highest BCUT2D eigenvalue weighted by Crippen LogP contribution is 2.69. The molecule has 62 heavy (non-hydrogen) atoms. The summed E-state index contributed by atoms with van der Waals surface area (Å²) in [6.45, 7) is -1.55. The standard InChI is InChI=1S/C39H33ClF7N9O5S/c1-54-32-26(7-6-24(40)30(32)35(52-54)53-62(2,59)60)56-36(50-34-21(37(56)58)5-8-28(49-34)61-10-9-38(43,44)45)25(13-17-11-19(41)14-20(42)12-17)48-27(57)16-55-33-29(31(51-55)18-3-4-18)22-15-23(22)39(33,46)47/h5-8,11-12,14,18,22-23,25H,3-4,9-10,13,15-16H2,1-2H3,(H,48,57)(H,52,53)/t22-,23+,25+/m1/s1. The van der Waals surface area contributed by atoms with Crippen molar-refractivity contribution >= 4 is 55.3 Å². The lowest BCUT2D eigenvalue weighted by Crippen LogP contribution is -2.38. The monoisotopic (exact) mass is 907 g/mol. The Morgan fingerprint density at radius 3 is 2.47 bits per heavy atom. The Morgan fingerprint density at radius 1 is 1.06 bits per heavy atom. The molecule has 9 rings (SSSR count). The summed E-state index contributed by atoms with van der Waals surface area (Å²) < 4.78 is 135. The minimum Gasteiger partial charge on any atom is -0.477 e. The predicted octanol–water partition coefficient (Wildman–Crippen LogP) is 6.68. The van der Waals surface area contributed by atoms with E-state index >= 15 is 8.78 Å². The van der Waals surface area contributed by atoms with Crippen LogP contribution < -0.4 is 20.3 Å². The van der Waals surface area contributed by atoms with E-state index in [0.717, 1.165) is 46.5 Å². The van der Waals surface area contributed by atoms with E-state index in [1.54, 1.807) is 0 Å². The minimum absolute atomic E-state index is 0.000472. The van der Waals surface area contributed by atoms with E-state index in [1.807, 2.05) is 0 Å². The van der Waals surface area contributed by atoms with Gasteiger partial charge in [-0.3, -0.25) is 28.2 Å². The molecule has 3 atom stereocenters. The first-order chi connectivity index (χ1) is 29.2. The number of hydrogen-bond acceptors (Lipinski definition) is 9. The number of anilines is 1. The molecule has 0 saturated heterocycles. The highest BCUT2D eigenvalue weighted by atomic mass is 35.5. The van der Waals surface area contributed by atoms with Gasteiger partial charge in [-0.25, -0.2) is 22.2 Å². The van der Waals surface area contributed by atoms with E-state index < -0.39 is 83.2 Å². The van der Waals surface area contributed by atoms with Gasteiger partial charge in [0.05, 0.1) is 58.0 Å². The predicted molar refractivity (Wildman–Crippen MR) is 209 cm³/mol. The number of pyridine rings is 1. The first kappa shape index (κ1) is 41.6. The summed E-state index contributed by atoms with van der Waals surface area (Å²) in [5.74, 6) is -8.34. The number of halogens is 8. The third-order valence-electron chi connectivity index (χ3n) is 11.0. The number of amides is 1. The van der Waals surface area contributed by atoms with Crippen LogP contribution in [0.5, 0.6) is 5.88 Å². The molecule has 0 unspecified atom stereocenters. The van der Waals surface area contributed by atoms with Crippen LogP contribution >= 0.6 is 11.6 Å². The van der Waals surface area contributed by atoms with E-state index in [-0.39, 0.29) is 73.3 Å². The zero-order chi connectivity index (χ0) is 44.2. The third kappa shape index (κ3) is 7.70. The average Bonchev–Trinajstić information content (AvgIpc) is 4.08. The normalized spacial score (nSPS) is 18.5. The molecule has 2 fully saturated rings. The lowest BCUT2D eigenvalue weighted by atomic mass is 10.0. The van der Waals surface area contributed by atoms with Gasteiger partial charge in [-0.2, -0.15) is 37.1 Å². The zero-order valence-electron chi connectivity index (χ0n) is 32.4. The molecule has 2 aromatic carbocycles. The summed E-state index contributed by atoms with van der Waals surface area (Å²) in [4.78, 5) is 37.8. The van der Waals surface area contributed by atoms with E-state index in [0.29, 0.717) is 23.7 Å². The first-order valence-electron chi connectivity index (χ1n) is 19.2. The van der Waals surface area contributed by atoms with Crippen LogP contribution in [0.4, 0.5) is 36.6 Å². The van der Waals surface area contributed by atoms with Crippen LogP contribution in [-0.4, -0.2) is 67.5 Å². The summed E-state index contributed by atoms with van der Waals surface area (Å²) in [5.41, 5.74) is -0.637. The quantitative estimate of drug-likeness (QED) is 0.120. The van der Waals surface area contributed by atoms with Crippen LogP contribution in [0, 0.1) is 17.6 Å². The smallest absolute Gasteiger partial charge is 0.392 e. The van der Waals surface area contributed by atoms with E-state index in [2.05, 4.69) is 30.2 Å². The number of aryl methyl sites for hydroxylation is 1. The summed E-state index contributed by atoms with van der Waals surface area (Å²) in [5, 5.41) is 11.3. The Labute approximate surface area is 351 Å². The van der Waals surface area contributed by atoms with Gasteiger partial charge in [-0.1, -0.05) is 11.6 Å². The summed E-state index contributed by atoms with van der Waals surface area (Å²) in [7, 11) is -2.51. The molecule has 1 amide bonds. The van der Waals surface area contributed by atoms with Crippen LogP contribution in [-0.2, 0) is 40.8 Å². The topological polar surface area (TPSA) is 168 Å². The summed E-state index contributed by atoms with van der Waals surface area (Å²) in [6, 6.07) is 6.06. The van der Waals surface area contributed by atoms with Gasteiger partial charge >= 0.3 is 6.18 Å². The Hall–Kier alpha value is -5.77. The van der Waals surface area contributed by atoms with Crippen molar-refractivity contribution in [2.75, 3.05) is 17.6 Å². The number of benzene rings is 2. The number of alkyl halides is 5. The molecule has 3 aliphatic rings. The highest BCUT2D eigenvalue weighted by molar-refractivity contribution is 7.92. The van der Waals surface area contributed by atoms with Gasteiger partial charge in [-0.05, 0) is 61.1 Å². The molecule has 6 aromatic rings. The Bertz CT molecular complexity index is 3000. The summed E-state index contributed by atoms with van der Waals surface area (Å²) in [6.07, 6.45) is -3.65. The SMILES string of the molecule is Cn1nc(NS(C)(=O)=O)c2c(Cl)ccc(-n3c([C@H](Cc4cc(F)cc(F)c4)NC(=O)Cn4nc(C5CC5)c5c4C(F)(F)[C@H]4C[C@@H]54)nc4nc(OCCC(F)(F)F)ccc4c3=O)c21. The Kier molecular flexibility index (Phi) is 9.84. The van der Waals surface area contributed by atoms with Crippen molar-refractivity contribution < 1.29 is 48.7 Å². The maximum atomic E-state index is 15.7. The molecular weight excluding hydrogens is 875 g/mol. The van der Waals surface area contributed by atoms with Crippen molar-refractivity contribution in [1.82, 2.24) is 39.4 Å². The summed E-state index contributed by atoms with van der Waals surface area (Å²) >= 11 is 6.59. The second-order valence-electron chi connectivity index (χ2n) is 15.7. The van der Waals surface area contributed by atoms with E-state index in [4.69, 9.17) is 16.3 Å². The molecule has 4 aromatic heterocycles. The minimum atomic E-state index is -4.56. The van der Waals surface area contributed by atoms with Crippen LogP contribution in [0.3, 0.4) is 0 Å². The molecule has 2 saturated carbocycles. The fourth-order valence-corrected chi connectivity index (χ4v) is 9.03. The van der Waals surface area contributed by atoms with Crippen molar-refractivity contribution in [2.45, 2.75) is 68.6 Å². The molecule has 326 valence electrons. The fraction of sp³-hybridized carbons (Fsp3) is 0.385. The molecule has 3 aliphatic carbocycles. The van der Waals surface area contributed by atoms with E-state index in [1.165, 1.54) is 29.9 Å². The number of sulfonamides is 1. The average molecular weight is 908 g/mol. The van der Waals surface area contributed by atoms with Gasteiger partial charge in [0.1, 0.15) is 29.7 Å². The number of carbonyl (C=O) groups is 1. The number of ether oxygens (including phenoxy) is 1. The van der Waals surface area contributed by atoms with Crippen LogP contribution in [0.1, 0.15) is 71.9 Å². The van der Waals surface area contributed by atoms with Crippen LogP contribution in [0.2, 0.25) is 5.02 Å². The van der Waals surface area contributed by atoms with Gasteiger partial charge in [-0.15, -0.1) is 0 Å². The van der Waals surface area contributed by atoms with Gasteiger partial charge in [0.25, 0.3) is 11.5 Å². The molecule has 4 heterocycles. The third-order valence-corrected chi connectivity index (χ3v) is 11.9. The van der Waals surface area contributed by atoms with Crippen molar-refractivity contribution in [1.29, 1.82) is 0 Å². The number of nitrogens with one attached hydrogen (secondary N) is 2. The van der Waals surface area contributed by atoms with Gasteiger partial charge < -0.3 is 10.1 Å². The molecule has 0 bridgehead atoms. The molecule has 0 spiro atoms. The second-order valence-corrected chi connectivity index (χ2v) is 17.9. The lowest BCUT2D eigenvalue weighted by Gasteiger charge is -2.24. The Balaban J connectivity index is 1.22. The number of rotatable bonds is 13. The molecule has 23 heteroatoms. The number of hydrogen-bond donors (Lipinski definition) is 2. The van der Waals surface area contributed by atoms with Crippen molar-refractivity contribution in [3.8, 4) is 11.6 Å². The maximum Gasteiger partial charge on any atom is 0.392 e. The lowest BCUT2D eigenvalue weighted by molar-refractivity contribution is -0.139. The fourth-order valence-electron chi connectivity index (χ4n) is 8.29. The number of carbonyl (C=O) groups excluding carboxylic acids is 1. The molecule has 0 aliphatic heterocycles. The first-order valence-corrected chi connectivity index (χ1v) is 21.4. The highest BCUT2D eigenvalue weighted by Gasteiger charge is 2.67. The molecule has 2 N–H and O–H groups in total. The number of nitrogens with zero attached hydrogens (tertiary/aromatic N) is 7. The van der Waals surface area contributed by atoms with Gasteiger partial charge in [0.2, 0.25) is 21.8 Å². The number of aromatic nitrogens is 7. The van der Waals surface area contributed by atoms with Crippen molar-refractivity contribution in [3.63, 3.8) is 0 Å².